The number of carbonyl (C=O) groups is 1. The van der Waals surface area contributed by atoms with E-state index in [-0.39, 0.29) is 0 Å². The van der Waals surface area contributed by atoms with Crippen molar-refractivity contribution in [2.75, 3.05) is 20.1 Å². The standard InChI is InChI=1S/C17H26N2O2/c1-17(18-2,16(20)21)10-6-12-19-11-5-9-14-7-3-4-8-15(14)13-19/h3-4,7-8,18H,5-6,9-13H2,1-2H3,(H,20,21). The Kier molecular flexibility index (Phi) is 5.37. The fraction of sp³-hybridized carbons (Fsp3) is 0.588. The van der Waals surface area contributed by atoms with Gasteiger partial charge < -0.3 is 10.4 Å². The number of carboxylic acids is 1. The highest BCUT2D eigenvalue weighted by molar-refractivity contribution is 5.78. The van der Waals surface area contributed by atoms with Gasteiger partial charge in [0, 0.05) is 6.54 Å². The predicted molar refractivity (Wildman–Crippen MR) is 84.4 cm³/mol. The zero-order valence-corrected chi connectivity index (χ0v) is 13.1. The van der Waals surface area contributed by atoms with Crippen LogP contribution in [0.2, 0.25) is 0 Å². The lowest BCUT2D eigenvalue weighted by atomic mass is 9.96. The Hall–Kier alpha value is -1.39. The topological polar surface area (TPSA) is 52.6 Å². The van der Waals surface area contributed by atoms with E-state index in [1.54, 1.807) is 14.0 Å². The van der Waals surface area contributed by atoms with Gasteiger partial charge in [-0.05, 0) is 63.9 Å². The molecule has 1 aliphatic rings. The minimum absolute atomic E-state index is 0.650. The summed E-state index contributed by atoms with van der Waals surface area (Å²) in [7, 11) is 1.72. The van der Waals surface area contributed by atoms with Gasteiger partial charge in [0.15, 0.2) is 0 Å². The normalized spacial score (nSPS) is 18.6. The minimum atomic E-state index is -0.816. The summed E-state index contributed by atoms with van der Waals surface area (Å²) >= 11 is 0. The molecule has 0 saturated heterocycles. The van der Waals surface area contributed by atoms with Gasteiger partial charge in [-0.2, -0.15) is 0 Å². The number of likely N-dealkylation sites (N-methyl/N-ethyl adjacent to an activating group) is 1. The van der Waals surface area contributed by atoms with Crippen molar-refractivity contribution in [2.24, 2.45) is 0 Å². The van der Waals surface area contributed by atoms with Gasteiger partial charge in [0.1, 0.15) is 5.54 Å². The second kappa shape index (κ2) is 7.05. The van der Waals surface area contributed by atoms with Crippen molar-refractivity contribution in [3.05, 3.63) is 35.4 Å². The van der Waals surface area contributed by atoms with E-state index in [9.17, 15) is 9.90 Å². The summed E-state index contributed by atoms with van der Waals surface area (Å²) in [5.41, 5.74) is 2.07. The monoisotopic (exact) mass is 290 g/mol. The molecular formula is C17H26N2O2. The van der Waals surface area contributed by atoms with E-state index >= 15 is 0 Å². The molecule has 1 heterocycles. The number of nitrogens with zero attached hydrogens (tertiary/aromatic N) is 1. The van der Waals surface area contributed by atoms with E-state index in [4.69, 9.17) is 0 Å². The van der Waals surface area contributed by atoms with Crippen molar-refractivity contribution >= 4 is 5.97 Å². The molecule has 0 fully saturated rings. The third kappa shape index (κ3) is 4.05. The highest BCUT2D eigenvalue weighted by Gasteiger charge is 2.30. The van der Waals surface area contributed by atoms with Crippen LogP contribution in [0.4, 0.5) is 0 Å². The maximum absolute atomic E-state index is 11.3. The highest BCUT2D eigenvalue weighted by atomic mass is 16.4. The van der Waals surface area contributed by atoms with Crippen LogP contribution in [0.15, 0.2) is 24.3 Å². The molecule has 4 nitrogen and oxygen atoms in total. The summed E-state index contributed by atoms with van der Waals surface area (Å²) < 4.78 is 0. The molecule has 1 aromatic carbocycles. The Labute approximate surface area is 127 Å². The molecule has 1 atom stereocenters. The molecule has 21 heavy (non-hydrogen) atoms. The number of hydrogen-bond acceptors (Lipinski definition) is 3. The van der Waals surface area contributed by atoms with E-state index in [0.717, 1.165) is 32.5 Å². The lowest BCUT2D eigenvalue weighted by Gasteiger charge is -2.26. The first kappa shape index (κ1) is 16.0. The summed E-state index contributed by atoms with van der Waals surface area (Å²) in [6, 6.07) is 8.65. The van der Waals surface area contributed by atoms with Gasteiger partial charge in [-0.1, -0.05) is 24.3 Å². The summed E-state index contributed by atoms with van der Waals surface area (Å²) in [6.07, 6.45) is 3.87. The fourth-order valence-corrected chi connectivity index (χ4v) is 2.95. The molecule has 1 unspecified atom stereocenters. The SMILES string of the molecule is CNC(C)(CCCN1CCCc2ccccc2C1)C(=O)O. The second-order valence-corrected chi connectivity index (χ2v) is 6.14. The number of fused-ring (bicyclic) bond motifs is 1. The van der Waals surface area contributed by atoms with Gasteiger partial charge in [-0.25, -0.2) is 0 Å². The third-order valence-corrected chi connectivity index (χ3v) is 4.61. The predicted octanol–water partition coefficient (Wildman–Crippen LogP) is 2.28. The lowest BCUT2D eigenvalue weighted by molar-refractivity contribution is -0.144. The molecular weight excluding hydrogens is 264 g/mol. The Bertz CT molecular complexity index is 489. The van der Waals surface area contributed by atoms with E-state index < -0.39 is 11.5 Å². The zero-order chi connectivity index (χ0) is 15.3. The molecule has 0 aromatic heterocycles. The number of aryl methyl sites for hydroxylation is 1. The van der Waals surface area contributed by atoms with Crippen LogP contribution in [0, 0.1) is 0 Å². The van der Waals surface area contributed by atoms with Crippen molar-refractivity contribution in [1.29, 1.82) is 0 Å². The van der Waals surface area contributed by atoms with Crippen molar-refractivity contribution in [1.82, 2.24) is 10.2 Å². The molecule has 0 bridgehead atoms. The molecule has 4 heteroatoms. The quantitative estimate of drug-likeness (QED) is 0.844. The van der Waals surface area contributed by atoms with Crippen LogP contribution in [0.5, 0.6) is 0 Å². The molecule has 0 saturated carbocycles. The fourth-order valence-electron chi connectivity index (χ4n) is 2.95. The molecule has 0 amide bonds. The molecule has 0 spiro atoms. The summed E-state index contributed by atoms with van der Waals surface area (Å²) in [6.45, 7) is 4.80. The Morgan fingerprint density at radius 1 is 1.38 bits per heavy atom. The van der Waals surface area contributed by atoms with Crippen molar-refractivity contribution in [3.63, 3.8) is 0 Å². The van der Waals surface area contributed by atoms with Gasteiger partial charge in [0.2, 0.25) is 0 Å². The number of nitrogens with one attached hydrogen (secondary N) is 1. The van der Waals surface area contributed by atoms with Crippen LogP contribution in [-0.4, -0.2) is 41.7 Å². The minimum Gasteiger partial charge on any atom is -0.480 e. The third-order valence-electron chi connectivity index (χ3n) is 4.61. The van der Waals surface area contributed by atoms with Gasteiger partial charge in [0.05, 0.1) is 0 Å². The largest absolute Gasteiger partial charge is 0.480 e. The van der Waals surface area contributed by atoms with Crippen LogP contribution in [-0.2, 0) is 17.8 Å². The van der Waals surface area contributed by atoms with Crippen LogP contribution < -0.4 is 5.32 Å². The van der Waals surface area contributed by atoms with Crippen LogP contribution >= 0.6 is 0 Å². The molecule has 2 N–H and O–H groups in total. The van der Waals surface area contributed by atoms with Gasteiger partial charge in [-0.3, -0.25) is 9.69 Å². The van der Waals surface area contributed by atoms with Crippen LogP contribution in [0.25, 0.3) is 0 Å². The molecule has 116 valence electrons. The Morgan fingerprint density at radius 3 is 2.76 bits per heavy atom. The lowest BCUT2D eigenvalue weighted by Crippen LogP contribution is -2.47. The van der Waals surface area contributed by atoms with Crippen molar-refractivity contribution in [3.8, 4) is 0 Å². The summed E-state index contributed by atoms with van der Waals surface area (Å²) in [4.78, 5) is 13.7. The molecule has 0 aliphatic carbocycles. The molecule has 2 rings (SSSR count). The average molecular weight is 290 g/mol. The van der Waals surface area contributed by atoms with Gasteiger partial charge in [0.25, 0.3) is 0 Å². The number of carboxylic acid groups (broad SMARTS) is 1. The smallest absolute Gasteiger partial charge is 0.323 e. The van der Waals surface area contributed by atoms with Crippen molar-refractivity contribution in [2.45, 2.75) is 44.7 Å². The number of rotatable bonds is 6. The number of hydrogen-bond donors (Lipinski definition) is 2. The zero-order valence-electron chi connectivity index (χ0n) is 13.1. The average Bonchev–Trinajstić information content (AvgIpc) is 2.68. The Balaban J connectivity index is 1.88. The first-order valence-corrected chi connectivity index (χ1v) is 7.76. The molecule has 1 aromatic rings. The van der Waals surface area contributed by atoms with E-state index in [1.165, 1.54) is 17.5 Å². The maximum atomic E-state index is 11.3. The van der Waals surface area contributed by atoms with Crippen molar-refractivity contribution < 1.29 is 9.90 Å². The van der Waals surface area contributed by atoms with E-state index in [2.05, 4.69) is 34.5 Å². The second-order valence-electron chi connectivity index (χ2n) is 6.14. The number of aliphatic carboxylic acids is 1. The van der Waals surface area contributed by atoms with Crippen LogP contribution in [0.1, 0.15) is 37.3 Å². The highest BCUT2D eigenvalue weighted by Crippen LogP contribution is 2.19. The van der Waals surface area contributed by atoms with E-state index in [0.29, 0.717) is 6.42 Å². The van der Waals surface area contributed by atoms with E-state index in [1.807, 2.05) is 0 Å². The first-order chi connectivity index (χ1) is 10.0. The summed E-state index contributed by atoms with van der Waals surface area (Å²) in [5.74, 6) is -0.772. The molecule has 0 radical (unpaired) electrons. The first-order valence-electron chi connectivity index (χ1n) is 7.76. The van der Waals surface area contributed by atoms with Gasteiger partial charge in [-0.15, -0.1) is 0 Å². The number of benzene rings is 1. The summed E-state index contributed by atoms with van der Waals surface area (Å²) in [5, 5.41) is 12.2. The van der Waals surface area contributed by atoms with Crippen LogP contribution in [0.3, 0.4) is 0 Å². The Morgan fingerprint density at radius 2 is 2.10 bits per heavy atom. The van der Waals surface area contributed by atoms with Gasteiger partial charge >= 0.3 is 5.97 Å². The maximum Gasteiger partial charge on any atom is 0.323 e. The molecule has 1 aliphatic heterocycles.